The normalized spacial score (nSPS) is 27.6. The number of carbonyl (C=O) groups is 2. The van der Waals surface area contributed by atoms with Gasteiger partial charge in [-0.1, -0.05) is 30.3 Å². The van der Waals surface area contributed by atoms with E-state index in [0.29, 0.717) is 12.8 Å². The molecular formula is C19H25NO5. The summed E-state index contributed by atoms with van der Waals surface area (Å²) in [6, 6.07) is 8.54. The first-order valence-corrected chi connectivity index (χ1v) is 8.58. The van der Waals surface area contributed by atoms with Crippen molar-refractivity contribution in [3.05, 3.63) is 35.9 Å². The van der Waals surface area contributed by atoms with Gasteiger partial charge in [0.1, 0.15) is 18.2 Å². The number of hydrogen-bond acceptors (Lipinski definition) is 5. The van der Waals surface area contributed by atoms with Gasteiger partial charge >= 0.3 is 12.1 Å². The van der Waals surface area contributed by atoms with Crippen molar-refractivity contribution in [3.63, 3.8) is 0 Å². The van der Waals surface area contributed by atoms with Crippen molar-refractivity contribution in [1.29, 1.82) is 0 Å². The van der Waals surface area contributed by atoms with Crippen LogP contribution in [0.5, 0.6) is 0 Å². The molecule has 6 nitrogen and oxygen atoms in total. The van der Waals surface area contributed by atoms with Gasteiger partial charge < -0.3 is 14.6 Å². The highest BCUT2D eigenvalue weighted by Crippen LogP contribution is 2.59. The average molecular weight is 347 g/mol. The van der Waals surface area contributed by atoms with Gasteiger partial charge in [0.2, 0.25) is 0 Å². The van der Waals surface area contributed by atoms with Gasteiger partial charge in [-0.3, -0.25) is 4.90 Å². The topological polar surface area (TPSA) is 76.1 Å². The Balaban J connectivity index is 1.69. The van der Waals surface area contributed by atoms with Crippen LogP contribution in [0.2, 0.25) is 0 Å². The number of fused-ring (bicyclic) bond motifs is 1. The van der Waals surface area contributed by atoms with E-state index in [1.807, 2.05) is 30.3 Å². The Labute approximate surface area is 147 Å². The molecule has 1 aliphatic heterocycles. The van der Waals surface area contributed by atoms with Gasteiger partial charge in [-0.05, 0) is 39.2 Å². The summed E-state index contributed by atoms with van der Waals surface area (Å²) in [5.74, 6) is -0.449. The zero-order valence-corrected chi connectivity index (χ0v) is 14.9. The second-order valence-electron chi connectivity index (χ2n) is 7.94. The fourth-order valence-corrected chi connectivity index (χ4v) is 3.46. The van der Waals surface area contributed by atoms with E-state index in [0.717, 1.165) is 5.56 Å². The first-order chi connectivity index (χ1) is 11.8. The Morgan fingerprint density at radius 3 is 2.52 bits per heavy atom. The lowest BCUT2D eigenvalue weighted by Crippen LogP contribution is -2.46. The minimum Gasteiger partial charge on any atom is -0.459 e. The van der Waals surface area contributed by atoms with Crippen molar-refractivity contribution >= 4 is 12.1 Å². The van der Waals surface area contributed by atoms with Crippen LogP contribution in [-0.2, 0) is 20.9 Å². The zero-order valence-electron chi connectivity index (χ0n) is 14.9. The number of hydrogen-bond donors (Lipinski definition) is 1. The number of ether oxygens (including phenoxy) is 2. The lowest BCUT2D eigenvalue weighted by Gasteiger charge is -2.29. The standard InChI is InChI=1S/C19H25NO5/c1-18(2,3)25-17(23)20-14(9-19(12-21)10-15(19)20)16(22)24-11-13-7-5-4-6-8-13/h4-8,14-15,21H,9-12H2,1-3H3/t14?,15?,19-/m1/s1. The Morgan fingerprint density at radius 2 is 1.92 bits per heavy atom. The van der Waals surface area contributed by atoms with E-state index in [2.05, 4.69) is 0 Å². The monoisotopic (exact) mass is 347 g/mol. The van der Waals surface area contributed by atoms with Gasteiger partial charge in [0.25, 0.3) is 0 Å². The van der Waals surface area contributed by atoms with Crippen LogP contribution >= 0.6 is 0 Å². The van der Waals surface area contributed by atoms with E-state index >= 15 is 0 Å². The fourth-order valence-electron chi connectivity index (χ4n) is 3.46. The van der Waals surface area contributed by atoms with Gasteiger partial charge in [-0.2, -0.15) is 0 Å². The predicted molar refractivity (Wildman–Crippen MR) is 90.6 cm³/mol. The van der Waals surface area contributed by atoms with E-state index in [-0.39, 0.29) is 24.7 Å². The van der Waals surface area contributed by atoms with Gasteiger partial charge in [0.05, 0.1) is 6.61 Å². The quantitative estimate of drug-likeness (QED) is 0.847. The number of piperidine rings is 1. The molecule has 2 aliphatic rings. The maximum Gasteiger partial charge on any atom is 0.411 e. The maximum atomic E-state index is 12.6. The van der Waals surface area contributed by atoms with Gasteiger partial charge in [-0.15, -0.1) is 0 Å². The summed E-state index contributed by atoms with van der Waals surface area (Å²) in [4.78, 5) is 26.6. The molecule has 25 heavy (non-hydrogen) atoms. The molecule has 1 saturated heterocycles. The molecule has 1 aromatic carbocycles. The fraction of sp³-hybridized carbons (Fsp3) is 0.579. The third-order valence-electron chi connectivity index (χ3n) is 4.83. The summed E-state index contributed by atoms with van der Waals surface area (Å²) in [7, 11) is 0. The summed E-state index contributed by atoms with van der Waals surface area (Å²) in [6.07, 6.45) is 0.596. The summed E-state index contributed by atoms with van der Waals surface area (Å²) in [5.41, 5.74) is -0.137. The summed E-state index contributed by atoms with van der Waals surface area (Å²) < 4.78 is 10.9. The number of amides is 1. The van der Waals surface area contributed by atoms with E-state index in [1.54, 1.807) is 20.8 Å². The highest BCUT2D eigenvalue weighted by molar-refractivity contribution is 5.83. The summed E-state index contributed by atoms with van der Waals surface area (Å²) in [6.45, 7) is 5.48. The molecule has 1 saturated carbocycles. The third kappa shape index (κ3) is 3.63. The minimum absolute atomic E-state index is 0.0422. The number of aliphatic hydroxyl groups excluding tert-OH is 1. The zero-order chi connectivity index (χ0) is 18.2. The molecular weight excluding hydrogens is 322 g/mol. The number of aliphatic hydroxyl groups is 1. The second-order valence-corrected chi connectivity index (χ2v) is 7.94. The van der Waals surface area contributed by atoms with E-state index in [1.165, 1.54) is 4.90 Å². The van der Waals surface area contributed by atoms with Crippen molar-refractivity contribution in [2.75, 3.05) is 6.61 Å². The summed E-state index contributed by atoms with van der Waals surface area (Å²) >= 11 is 0. The number of rotatable bonds is 4. The Morgan fingerprint density at radius 1 is 1.24 bits per heavy atom. The Bertz CT molecular complexity index is 654. The second kappa shape index (κ2) is 6.33. The highest BCUT2D eigenvalue weighted by atomic mass is 16.6. The lowest BCUT2D eigenvalue weighted by molar-refractivity contribution is -0.150. The number of esters is 1. The van der Waals surface area contributed by atoms with Crippen LogP contribution in [0.1, 0.15) is 39.2 Å². The van der Waals surface area contributed by atoms with E-state index in [9.17, 15) is 14.7 Å². The van der Waals surface area contributed by atoms with Crippen LogP contribution in [0, 0.1) is 5.41 Å². The summed E-state index contributed by atoms with van der Waals surface area (Å²) in [5, 5.41) is 9.68. The number of benzene rings is 1. The molecule has 1 amide bonds. The molecule has 0 radical (unpaired) electrons. The Hall–Kier alpha value is -2.08. The first kappa shape index (κ1) is 17.7. The molecule has 136 valence electrons. The molecule has 3 rings (SSSR count). The molecule has 1 aliphatic carbocycles. The Kier molecular flexibility index (Phi) is 4.49. The van der Waals surface area contributed by atoms with Crippen LogP contribution in [0.3, 0.4) is 0 Å². The maximum absolute atomic E-state index is 12.6. The van der Waals surface area contributed by atoms with Gasteiger partial charge in [0.15, 0.2) is 0 Å². The van der Waals surface area contributed by atoms with Crippen LogP contribution in [0.25, 0.3) is 0 Å². The molecule has 2 unspecified atom stereocenters. The number of carbonyl (C=O) groups excluding carboxylic acids is 2. The lowest BCUT2D eigenvalue weighted by atomic mass is 10.0. The van der Waals surface area contributed by atoms with E-state index in [4.69, 9.17) is 9.47 Å². The molecule has 1 heterocycles. The van der Waals surface area contributed by atoms with Crippen molar-refractivity contribution in [2.45, 2.75) is 57.9 Å². The van der Waals surface area contributed by atoms with E-state index < -0.39 is 23.7 Å². The average Bonchev–Trinajstić information content (AvgIpc) is 3.16. The third-order valence-corrected chi connectivity index (χ3v) is 4.83. The smallest absolute Gasteiger partial charge is 0.411 e. The molecule has 2 fully saturated rings. The van der Waals surface area contributed by atoms with Crippen molar-refractivity contribution < 1.29 is 24.2 Å². The largest absolute Gasteiger partial charge is 0.459 e. The number of nitrogens with zero attached hydrogens (tertiary/aromatic N) is 1. The SMILES string of the molecule is CC(C)(C)OC(=O)N1C(C(=O)OCc2ccccc2)C[C@]2(CO)CC12. The minimum atomic E-state index is -0.704. The molecule has 1 N–H and O–H groups in total. The predicted octanol–water partition coefficient (Wildman–Crippen LogP) is 2.49. The molecule has 0 bridgehead atoms. The molecule has 0 aromatic heterocycles. The van der Waals surface area contributed by atoms with Crippen molar-refractivity contribution in [1.82, 2.24) is 4.90 Å². The van der Waals surface area contributed by atoms with Crippen LogP contribution in [-0.4, -0.2) is 46.4 Å². The van der Waals surface area contributed by atoms with Crippen LogP contribution in [0.4, 0.5) is 4.79 Å². The van der Waals surface area contributed by atoms with Crippen molar-refractivity contribution in [2.24, 2.45) is 5.41 Å². The first-order valence-electron chi connectivity index (χ1n) is 8.58. The van der Waals surface area contributed by atoms with Gasteiger partial charge in [-0.25, -0.2) is 9.59 Å². The molecule has 6 heteroatoms. The van der Waals surface area contributed by atoms with Crippen LogP contribution in [0.15, 0.2) is 30.3 Å². The highest BCUT2D eigenvalue weighted by Gasteiger charge is 2.68. The number of likely N-dealkylation sites (tertiary alicyclic amines) is 1. The van der Waals surface area contributed by atoms with Gasteiger partial charge in [0, 0.05) is 11.5 Å². The molecule has 1 aromatic rings. The van der Waals surface area contributed by atoms with Crippen LogP contribution < -0.4 is 0 Å². The molecule has 3 atom stereocenters. The van der Waals surface area contributed by atoms with Crippen molar-refractivity contribution in [3.8, 4) is 0 Å². The molecule has 0 spiro atoms.